The zero-order valence-corrected chi connectivity index (χ0v) is 9.76. The summed E-state index contributed by atoms with van der Waals surface area (Å²) in [6.07, 6.45) is 6.07. The van der Waals surface area contributed by atoms with Crippen LogP contribution in [0.4, 0.5) is 5.69 Å². The SMILES string of the molecule is N#Cc1ccncc1N1CC2CCCNC2C1. The van der Waals surface area contributed by atoms with E-state index < -0.39 is 0 Å². The monoisotopic (exact) mass is 228 g/mol. The molecule has 1 aromatic rings. The maximum Gasteiger partial charge on any atom is 0.101 e. The van der Waals surface area contributed by atoms with Crippen LogP contribution in [0.15, 0.2) is 18.5 Å². The lowest BCUT2D eigenvalue weighted by molar-refractivity contribution is 0.340. The fraction of sp³-hybridized carbons (Fsp3) is 0.538. The molecule has 3 heterocycles. The van der Waals surface area contributed by atoms with Gasteiger partial charge in [0.1, 0.15) is 6.07 Å². The van der Waals surface area contributed by atoms with Crippen LogP contribution in [-0.2, 0) is 0 Å². The molecule has 0 radical (unpaired) electrons. The van der Waals surface area contributed by atoms with Gasteiger partial charge < -0.3 is 10.2 Å². The summed E-state index contributed by atoms with van der Waals surface area (Å²) in [5.41, 5.74) is 1.73. The molecule has 2 unspecified atom stereocenters. The predicted octanol–water partition coefficient (Wildman–Crippen LogP) is 1.14. The van der Waals surface area contributed by atoms with Gasteiger partial charge in [-0.3, -0.25) is 4.98 Å². The minimum Gasteiger partial charge on any atom is -0.367 e. The van der Waals surface area contributed by atoms with Crippen molar-refractivity contribution in [2.75, 3.05) is 24.5 Å². The third-order valence-corrected chi connectivity index (χ3v) is 3.86. The molecule has 2 atom stereocenters. The van der Waals surface area contributed by atoms with Gasteiger partial charge in [0, 0.05) is 25.3 Å². The molecule has 1 N–H and O–H groups in total. The first-order valence-electron chi connectivity index (χ1n) is 6.21. The minimum atomic E-state index is 0.593. The fourth-order valence-electron chi connectivity index (χ4n) is 2.98. The Bertz CT molecular complexity index is 437. The number of aromatic nitrogens is 1. The van der Waals surface area contributed by atoms with Gasteiger partial charge in [-0.15, -0.1) is 0 Å². The van der Waals surface area contributed by atoms with Crippen molar-refractivity contribution in [2.24, 2.45) is 5.92 Å². The summed E-state index contributed by atoms with van der Waals surface area (Å²) in [6, 6.07) is 4.64. The summed E-state index contributed by atoms with van der Waals surface area (Å²) < 4.78 is 0. The first kappa shape index (κ1) is 10.5. The maximum atomic E-state index is 9.12. The molecule has 0 amide bonds. The van der Waals surface area contributed by atoms with Gasteiger partial charge in [-0.2, -0.15) is 5.26 Å². The quantitative estimate of drug-likeness (QED) is 0.783. The summed E-state index contributed by atoms with van der Waals surface area (Å²) in [5.74, 6) is 0.732. The Morgan fingerprint density at radius 1 is 1.47 bits per heavy atom. The molecule has 0 saturated carbocycles. The Morgan fingerprint density at radius 3 is 3.24 bits per heavy atom. The first-order valence-corrected chi connectivity index (χ1v) is 6.21. The van der Waals surface area contributed by atoms with E-state index in [2.05, 4.69) is 21.3 Å². The summed E-state index contributed by atoms with van der Waals surface area (Å²) >= 11 is 0. The van der Waals surface area contributed by atoms with E-state index in [4.69, 9.17) is 5.26 Å². The van der Waals surface area contributed by atoms with Crippen molar-refractivity contribution in [3.05, 3.63) is 24.0 Å². The van der Waals surface area contributed by atoms with Crippen LogP contribution in [-0.4, -0.2) is 30.7 Å². The number of nitrogens with one attached hydrogen (secondary N) is 1. The second kappa shape index (κ2) is 4.34. The molecular formula is C13H16N4. The number of rotatable bonds is 1. The molecule has 2 aliphatic rings. The number of nitriles is 1. The maximum absolute atomic E-state index is 9.12. The number of fused-ring (bicyclic) bond motifs is 1. The van der Waals surface area contributed by atoms with Crippen molar-refractivity contribution in [1.82, 2.24) is 10.3 Å². The van der Waals surface area contributed by atoms with Gasteiger partial charge in [-0.05, 0) is 31.4 Å². The Balaban J connectivity index is 1.84. The summed E-state index contributed by atoms with van der Waals surface area (Å²) in [6.45, 7) is 3.19. The van der Waals surface area contributed by atoms with Gasteiger partial charge in [0.2, 0.25) is 0 Å². The predicted molar refractivity (Wildman–Crippen MR) is 65.7 cm³/mol. The van der Waals surface area contributed by atoms with E-state index in [0.717, 1.165) is 36.8 Å². The van der Waals surface area contributed by atoms with Gasteiger partial charge in [0.15, 0.2) is 0 Å². The lowest BCUT2D eigenvalue weighted by atomic mass is 9.94. The molecule has 0 aromatic carbocycles. The van der Waals surface area contributed by atoms with Crippen LogP contribution in [0.25, 0.3) is 0 Å². The van der Waals surface area contributed by atoms with E-state index in [0.29, 0.717) is 6.04 Å². The van der Waals surface area contributed by atoms with Crippen molar-refractivity contribution in [3.8, 4) is 6.07 Å². The zero-order valence-electron chi connectivity index (χ0n) is 9.76. The van der Waals surface area contributed by atoms with Gasteiger partial charge >= 0.3 is 0 Å². The number of nitrogens with zero attached hydrogens (tertiary/aromatic N) is 3. The Labute approximate surface area is 101 Å². The van der Waals surface area contributed by atoms with Crippen LogP contribution in [0.3, 0.4) is 0 Å². The van der Waals surface area contributed by atoms with Crippen molar-refractivity contribution in [2.45, 2.75) is 18.9 Å². The number of hydrogen-bond donors (Lipinski definition) is 1. The van der Waals surface area contributed by atoms with E-state index in [1.54, 1.807) is 12.3 Å². The Hall–Kier alpha value is -1.60. The van der Waals surface area contributed by atoms with Crippen LogP contribution in [0.1, 0.15) is 18.4 Å². The molecule has 0 aliphatic carbocycles. The van der Waals surface area contributed by atoms with Gasteiger partial charge in [0.05, 0.1) is 17.4 Å². The largest absolute Gasteiger partial charge is 0.367 e. The highest BCUT2D eigenvalue weighted by Gasteiger charge is 2.34. The molecule has 0 spiro atoms. The topological polar surface area (TPSA) is 52.0 Å². The van der Waals surface area contributed by atoms with Crippen molar-refractivity contribution in [1.29, 1.82) is 5.26 Å². The third-order valence-electron chi connectivity index (χ3n) is 3.86. The normalized spacial score (nSPS) is 27.6. The average Bonchev–Trinajstić information content (AvgIpc) is 2.82. The standard InChI is InChI=1S/C13H16N4/c14-6-10-3-5-15-7-13(10)17-8-11-2-1-4-16-12(11)9-17/h3,5,7,11-12,16H,1-2,4,8-9H2. The van der Waals surface area contributed by atoms with Crippen molar-refractivity contribution in [3.63, 3.8) is 0 Å². The molecule has 4 heteroatoms. The Morgan fingerprint density at radius 2 is 2.41 bits per heavy atom. The van der Waals surface area contributed by atoms with Crippen LogP contribution in [0, 0.1) is 17.2 Å². The highest BCUT2D eigenvalue weighted by atomic mass is 15.2. The molecule has 2 saturated heterocycles. The average molecular weight is 228 g/mol. The number of pyridine rings is 1. The summed E-state index contributed by atoms with van der Waals surface area (Å²) in [7, 11) is 0. The summed E-state index contributed by atoms with van der Waals surface area (Å²) in [5, 5.41) is 12.7. The van der Waals surface area contributed by atoms with Crippen LogP contribution >= 0.6 is 0 Å². The van der Waals surface area contributed by atoms with E-state index in [9.17, 15) is 0 Å². The molecular weight excluding hydrogens is 212 g/mol. The van der Waals surface area contributed by atoms with Crippen LogP contribution in [0.5, 0.6) is 0 Å². The zero-order chi connectivity index (χ0) is 11.7. The van der Waals surface area contributed by atoms with E-state index in [-0.39, 0.29) is 0 Å². The van der Waals surface area contributed by atoms with Gasteiger partial charge in [-0.25, -0.2) is 0 Å². The molecule has 88 valence electrons. The highest BCUT2D eigenvalue weighted by molar-refractivity contribution is 5.58. The molecule has 1 aromatic heterocycles. The Kier molecular flexibility index (Phi) is 2.69. The third kappa shape index (κ3) is 1.87. The highest BCUT2D eigenvalue weighted by Crippen LogP contribution is 2.30. The first-order chi connectivity index (χ1) is 8.38. The molecule has 0 bridgehead atoms. The fourth-order valence-corrected chi connectivity index (χ4v) is 2.98. The minimum absolute atomic E-state index is 0.593. The number of piperidine rings is 1. The number of anilines is 1. The summed E-state index contributed by atoms with van der Waals surface area (Å²) in [4.78, 5) is 6.45. The molecule has 2 fully saturated rings. The van der Waals surface area contributed by atoms with Crippen LogP contribution in [0.2, 0.25) is 0 Å². The van der Waals surface area contributed by atoms with Crippen LogP contribution < -0.4 is 10.2 Å². The van der Waals surface area contributed by atoms with Gasteiger partial charge in [0.25, 0.3) is 0 Å². The molecule has 2 aliphatic heterocycles. The molecule has 3 rings (SSSR count). The molecule has 17 heavy (non-hydrogen) atoms. The smallest absolute Gasteiger partial charge is 0.101 e. The second-order valence-corrected chi connectivity index (χ2v) is 4.87. The number of hydrogen-bond acceptors (Lipinski definition) is 4. The van der Waals surface area contributed by atoms with Gasteiger partial charge in [-0.1, -0.05) is 0 Å². The van der Waals surface area contributed by atoms with Crippen molar-refractivity contribution >= 4 is 5.69 Å². The van der Waals surface area contributed by atoms with E-state index in [1.807, 2.05) is 6.20 Å². The molecule has 4 nitrogen and oxygen atoms in total. The second-order valence-electron chi connectivity index (χ2n) is 4.87. The van der Waals surface area contributed by atoms with E-state index >= 15 is 0 Å². The lowest BCUT2D eigenvalue weighted by Gasteiger charge is -2.24. The van der Waals surface area contributed by atoms with Crippen molar-refractivity contribution < 1.29 is 0 Å². The lowest BCUT2D eigenvalue weighted by Crippen LogP contribution is -2.40. The van der Waals surface area contributed by atoms with E-state index in [1.165, 1.54) is 12.8 Å².